The first-order valence-electron chi connectivity index (χ1n) is 10.2. The first-order valence-corrected chi connectivity index (χ1v) is 11.6. The summed E-state index contributed by atoms with van der Waals surface area (Å²) in [7, 11) is -2.68. The molecule has 0 aliphatic carbocycles. The lowest BCUT2D eigenvalue weighted by atomic mass is 9.81. The van der Waals surface area contributed by atoms with Crippen LogP contribution < -0.4 is 4.74 Å². The van der Waals surface area contributed by atoms with E-state index in [1.165, 1.54) is 37.6 Å². The molecule has 2 unspecified atom stereocenters. The normalized spacial score (nSPS) is 19.0. The molecule has 0 radical (unpaired) electrons. The van der Waals surface area contributed by atoms with Crippen LogP contribution in [0.5, 0.6) is 5.75 Å². The second-order valence-corrected chi connectivity index (χ2v) is 10.3. The van der Waals surface area contributed by atoms with Gasteiger partial charge in [0.2, 0.25) is 5.91 Å². The van der Waals surface area contributed by atoms with Crippen molar-refractivity contribution >= 4 is 21.9 Å². The Bertz CT molecular complexity index is 1100. The molecule has 1 heterocycles. The van der Waals surface area contributed by atoms with Crippen LogP contribution in [0.25, 0.3) is 0 Å². The maximum Gasteiger partial charge on any atom is 0.307 e. The van der Waals surface area contributed by atoms with Crippen molar-refractivity contribution in [2.45, 2.75) is 43.6 Å². The summed E-state index contributed by atoms with van der Waals surface area (Å²) < 4.78 is 37.6. The van der Waals surface area contributed by atoms with Gasteiger partial charge in [-0.25, -0.2) is 12.7 Å². The van der Waals surface area contributed by atoms with Gasteiger partial charge in [-0.05, 0) is 50.6 Å². The Balaban J connectivity index is 1.97. The van der Waals surface area contributed by atoms with Crippen molar-refractivity contribution in [3.8, 4) is 5.75 Å². The summed E-state index contributed by atoms with van der Waals surface area (Å²) in [6, 6.07) is 15.0. The highest BCUT2D eigenvalue weighted by atomic mass is 32.2. The number of esters is 1. The third kappa shape index (κ3) is 5.19. The van der Waals surface area contributed by atoms with Crippen molar-refractivity contribution in [2.75, 3.05) is 7.11 Å². The minimum Gasteiger partial charge on any atom is -0.497 e. The van der Waals surface area contributed by atoms with E-state index < -0.39 is 39.3 Å². The number of amides is 1. The Labute approximate surface area is 188 Å². The first kappa shape index (κ1) is 23.5. The van der Waals surface area contributed by atoms with Crippen LogP contribution in [0.3, 0.4) is 0 Å². The summed E-state index contributed by atoms with van der Waals surface area (Å²) in [4.78, 5) is 25.9. The molecule has 3 rings (SSSR count). The van der Waals surface area contributed by atoms with E-state index in [0.29, 0.717) is 10.1 Å². The zero-order valence-electron chi connectivity index (χ0n) is 18.5. The Morgan fingerprint density at radius 3 is 2.22 bits per heavy atom. The second-order valence-electron chi connectivity index (χ2n) is 8.49. The highest BCUT2D eigenvalue weighted by Gasteiger charge is 2.41. The number of ether oxygens (including phenoxy) is 2. The molecule has 1 amide bonds. The van der Waals surface area contributed by atoms with E-state index >= 15 is 0 Å². The maximum atomic E-state index is 13.4. The van der Waals surface area contributed by atoms with Crippen LogP contribution in [0.4, 0.5) is 0 Å². The summed E-state index contributed by atoms with van der Waals surface area (Å²) in [5.41, 5.74) is 0.0917. The third-order valence-corrected chi connectivity index (χ3v) is 6.69. The number of carbonyl (C=O) groups is 2. The highest BCUT2D eigenvalue weighted by molar-refractivity contribution is 7.89. The van der Waals surface area contributed by atoms with Gasteiger partial charge in [-0.3, -0.25) is 9.59 Å². The Kier molecular flexibility index (Phi) is 6.74. The van der Waals surface area contributed by atoms with E-state index in [9.17, 15) is 18.0 Å². The fourth-order valence-corrected chi connectivity index (χ4v) is 4.86. The monoisotopic (exact) mass is 457 g/mol. The fourth-order valence-electron chi connectivity index (χ4n) is 3.55. The molecule has 8 heteroatoms. The summed E-state index contributed by atoms with van der Waals surface area (Å²) in [6.07, 6.45) is 2.67. The van der Waals surface area contributed by atoms with Gasteiger partial charge in [-0.15, -0.1) is 0 Å². The molecule has 1 aliphatic heterocycles. The van der Waals surface area contributed by atoms with Gasteiger partial charge in [-0.1, -0.05) is 36.4 Å². The van der Waals surface area contributed by atoms with E-state index in [0.717, 1.165) is 5.56 Å². The SMILES string of the molecule is COc1ccc(S(=O)(=O)N2C=CC(c3ccccc3)C(CC(=O)OC(C)(C)C)C2=O)cc1. The van der Waals surface area contributed by atoms with Crippen molar-refractivity contribution in [2.24, 2.45) is 5.92 Å². The minimum absolute atomic E-state index is 0.0505. The van der Waals surface area contributed by atoms with Gasteiger partial charge in [0.25, 0.3) is 10.0 Å². The summed E-state index contributed by atoms with van der Waals surface area (Å²) >= 11 is 0. The molecule has 0 spiro atoms. The van der Waals surface area contributed by atoms with Crippen molar-refractivity contribution in [3.05, 3.63) is 72.4 Å². The Morgan fingerprint density at radius 2 is 1.66 bits per heavy atom. The highest BCUT2D eigenvalue weighted by Crippen LogP contribution is 2.36. The quantitative estimate of drug-likeness (QED) is 0.612. The number of allylic oxidation sites excluding steroid dienone is 1. The molecular weight excluding hydrogens is 430 g/mol. The van der Waals surface area contributed by atoms with Gasteiger partial charge in [0.1, 0.15) is 11.4 Å². The molecular formula is C24H27NO6S. The molecule has 0 N–H and O–H groups in total. The average molecular weight is 458 g/mol. The van der Waals surface area contributed by atoms with Crippen LogP contribution >= 0.6 is 0 Å². The van der Waals surface area contributed by atoms with Gasteiger partial charge in [0.05, 0.1) is 24.3 Å². The van der Waals surface area contributed by atoms with E-state index in [1.54, 1.807) is 26.8 Å². The largest absolute Gasteiger partial charge is 0.497 e. The summed E-state index contributed by atoms with van der Waals surface area (Å²) in [5, 5.41) is 0. The zero-order chi connectivity index (χ0) is 23.5. The number of carbonyl (C=O) groups excluding carboxylic acids is 2. The van der Waals surface area contributed by atoms with Crippen LogP contribution in [0.15, 0.2) is 71.8 Å². The third-order valence-electron chi connectivity index (χ3n) is 5.00. The van der Waals surface area contributed by atoms with Crippen LogP contribution in [-0.2, 0) is 24.3 Å². The van der Waals surface area contributed by atoms with Gasteiger partial charge >= 0.3 is 5.97 Å². The standard InChI is InChI=1S/C24H27NO6S/c1-24(2,3)31-22(26)16-21-20(17-8-6-5-7-9-17)14-15-25(23(21)27)32(28,29)19-12-10-18(30-4)11-13-19/h5-15,20-21H,16H2,1-4H3. The zero-order valence-corrected chi connectivity index (χ0v) is 19.3. The smallest absolute Gasteiger partial charge is 0.307 e. The first-order chi connectivity index (χ1) is 15.0. The fraction of sp³-hybridized carbons (Fsp3) is 0.333. The lowest BCUT2D eigenvalue weighted by molar-refractivity contribution is -0.158. The molecule has 0 saturated heterocycles. The second kappa shape index (κ2) is 9.16. The molecule has 2 aromatic rings. The van der Waals surface area contributed by atoms with Crippen LogP contribution in [0.2, 0.25) is 0 Å². The average Bonchev–Trinajstić information content (AvgIpc) is 2.74. The van der Waals surface area contributed by atoms with E-state index in [4.69, 9.17) is 9.47 Å². The molecule has 2 aromatic carbocycles. The number of hydrogen-bond donors (Lipinski definition) is 0. The lowest BCUT2D eigenvalue weighted by Gasteiger charge is -2.33. The van der Waals surface area contributed by atoms with Gasteiger partial charge in [0.15, 0.2) is 0 Å². The van der Waals surface area contributed by atoms with Crippen molar-refractivity contribution < 1.29 is 27.5 Å². The van der Waals surface area contributed by atoms with E-state index in [1.807, 2.05) is 30.3 Å². The van der Waals surface area contributed by atoms with E-state index in [2.05, 4.69) is 0 Å². The van der Waals surface area contributed by atoms with E-state index in [-0.39, 0.29) is 11.3 Å². The molecule has 32 heavy (non-hydrogen) atoms. The molecule has 0 saturated carbocycles. The lowest BCUT2D eigenvalue weighted by Crippen LogP contribution is -2.43. The van der Waals surface area contributed by atoms with Crippen molar-refractivity contribution in [1.82, 2.24) is 4.31 Å². The van der Waals surface area contributed by atoms with Crippen LogP contribution in [0, 0.1) is 5.92 Å². The van der Waals surface area contributed by atoms with Crippen LogP contribution in [0.1, 0.15) is 38.7 Å². The molecule has 0 bridgehead atoms. The molecule has 7 nitrogen and oxygen atoms in total. The topological polar surface area (TPSA) is 90.0 Å². The molecule has 170 valence electrons. The number of hydrogen-bond acceptors (Lipinski definition) is 6. The molecule has 2 atom stereocenters. The number of methoxy groups -OCH3 is 1. The number of sulfonamides is 1. The summed E-state index contributed by atoms with van der Waals surface area (Å²) in [6.45, 7) is 5.22. The number of benzene rings is 2. The van der Waals surface area contributed by atoms with Gasteiger partial charge in [0, 0.05) is 12.1 Å². The van der Waals surface area contributed by atoms with Crippen LogP contribution in [-0.4, -0.2) is 37.3 Å². The number of rotatable bonds is 6. The molecule has 0 aromatic heterocycles. The van der Waals surface area contributed by atoms with Crippen molar-refractivity contribution in [1.29, 1.82) is 0 Å². The predicted octanol–water partition coefficient (Wildman–Crippen LogP) is 3.87. The molecule has 0 fully saturated rings. The summed E-state index contributed by atoms with van der Waals surface area (Å²) in [5.74, 6) is -2.13. The maximum absolute atomic E-state index is 13.4. The van der Waals surface area contributed by atoms with Crippen molar-refractivity contribution in [3.63, 3.8) is 0 Å². The van der Waals surface area contributed by atoms with Gasteiger partial charge in [-0.2, -0.15) is 0 Å². The number of nitrogens with zero attached hydrogens (tertiary/aromatic N) is 1. The molecule has 1 aliphatic rings. The Hall–Kier alpha value is -3.13. The Morgan fingerprint density at radius 1 is 1.03 bits per heavy atom. The predicted molar refractivity (Wildman–Crippen MR) is 119 cm³/mol. The minimum atomic E-state index is -4.16. The van der Waals surface area contributed by atoms with Gasteiger partial charge < -0.3 is 9.47 Å².